The number of carbonyl (C=O) groups is 1. The molecule has 0 N–H and O–H groups in total. The highest BCUT2D eigenvalue weighted by Crippen LogP contribution is 2.16. The van der Waals surface area contributed by atoms with Gasteiger partial charge in [-0.2, -0.15) is 0 Å². The maximum atomic E-state index is 11.3. The van der Waals surface area contributed by atoms with Gasteiger partial charge < -0.3 is 9.47 Å². The average Bonchev–Trinajstić information content (AvgIpc) is 2.37. The van der Waals surface area contributed by atoms with E-state index < -0.39 is 5.97 Å². The molecule has 0 saturated carbocycles. The molecule has 6 heteroatoms. The highest BCUT2D eigenvalue weighted by atomic mass is 16.5. The van der Waals surface area contributed by atoms with Gasteiger partial charge in [0, 0.05) is 4.91 Å². The standard InChI is InChI=1S/C11H11N3O3/c1-16-9-5-3-4-8(6-9)7-10(13-14-12)11(15)17-2/h3-7H,1-2H3/b10-7-. The number of ether oxygens (including phenoxy) is 2. The van der Waals surface area contributed by atoms with Crippen molar-refractivity contribution >= 4 is 12.0 Å². The van der Waals surface area contributed by atoms with E-state index in [2.05, 4.69) is 14.8 Å². The SMILES string of the molecule is COC(=O)/C(=C/c1cccc(OC)c1)N=[N+]=[N-]. The minimum Gasteiger partial charge on any atom is -0.497 e. The van der Waals surface area contributed by atoms with Crippen molar-refractivity contribution in [1.29, 1.82) is 0 Å². The predicted octanol–water partition coefficient (Wildman–Crippen LogP) is 2.52. The van der Waals surface area contributed by atoms with E-state index in [4.69, 9.17) is 10.3 Å². The number of azide groups is 1. The molecule has 0 aliphatic carbocycles. The molecule has 0 heterocycles. The summed E-state index contributed by atoms with van der Waals surface area (Å²) in [6.45, 7) is 0. The lowest BCUT2D eigenvalue weighted by molar-refractivity contribution is -0.136. The van der Waals surface area contributed by atoms with E-state index >= 15 is 0 Å². The molecule has 17 heavy (non-hydrogen) atoms. The number of carbonyl (C=O) groups excluding carboxylic acids is 1. The summed E-state index contributed by atoms with van der Waals surface area (Å²) in [7, 11) is 2.76. The zero-order valence-electron chi connectivity index (χ0n) is 9.45. The Labute approximate surface area is 98.1 Å². The lowest BCUT2D eigenvalue weighted by atomic mass is 10.2. The molecule has 0 aliphatic rings. The first kappa shape index (κ1) is 12.6. The van der Waals surface area contributed by atoms with Gasteiger partial charge in [-0.05, 0) is 29.3 Å². The second-order valence-electron chi connectivity index (χ2n) is 2.99. The number of nitrogens with zero attached hydrogens (tertiary/aromatic N) is 3. The Kier molecular flexibility index (Phi) is 4.59. The van der Waals surface area contributed by atoms with Crippen LogP contribution < -0.4 is 4.74 Å². The number of benzene rings is 1. The third-order valence-corrected chi connectivity index (χ3v) is 1.94. The summed E-state index contributed by atoms with van der Waals surface area (Å²) < 4.78 is 9.52. The van der Waals surface area contributed by atoms with Crippen molar-refractivity contribution in [2.75, 3.05) is 14.2 Å². The molecule has 1 aromatic rings. The second kappa shape index (κ2) is 6.19. The van der Waals surface area contributed by atoms with E-state index in [-0.39, 0.29) is 5.70 Å². The molecule has 1 aromatic carbocycles. The number of hydrogen-bond acceptors (Lipinski definition) is 4. The minimum atomic E-state index is -0.689. The van der Waals surface area contributed by atoms with Crippen LogP contribution in [0.5, 0.6) is 5.75 Å². The minimum absolute atomic E-state index is 0.108. The molecular weight excluding hydrogens is 222 g/mol. The van der Waals surface area contributed by atoms with Crippen molar-refractivity contribution in [3.8, 4) is 5.75 Å². The van der Waals surface area contributed by atoms with Gasteiger partial charge in [-0.25, -0.2) is 4.79 Å². The van der Waals surface area contributed by atoms with E-state index in [0.717, 1.165) is 0 Å². The topological polar surface area (TPSA) is 84.3 Å². The van der Waals surface area contributed by atoms with E-state index in [1.165, 1.54) is 20.3 Å². The Balaban J connectivity index is 3.11. The summed E-state index contributed by atoms with van der Waals surface area (Å²) in [5.74, 6) is -0.0467. The summed E-state index contributed by atoms with van der Waals surface area (Å²) in [6, 6.07) is 6.98. The Morgan fingerprint density at radius 1 is 1.47 bits per heavy atom. The molecule has 0 aromatic heterocycles. The first-order chi connectivity index (χ1) is 8.21. The fourth-order valence-electron chi connectivity index (χ4n) is 1.17. The Bertz CT molecular complexity index is 490. The number of hydrogen-bond donors (Lipinski definition) is 0. The molecule has 0 atom stereocenters. The van der Waals surface area contributed by atoms with Gasteiger partial charge in [0.2, 0.25) is 0 Å². The molecule has 6 nitrogen and oxygen atoms in total. The van der Waals surface area contributed by atoms with Gasteiger partial charge in [0.05, 0.1) is 14.2 Å². The fraction of sp³-hybridized carbons (Fsp3) is 0.182. The summed E-state index contributed by atoms with van der Waals surface area (Å²) in [6.07, 6.45) is 1.42. The Morgan fingerprint density at radius 3 is 2.82 bits per heavy atom. The smallest absolute Gasteiger partial charge is 0.340 e. The summed E-state index contributed by atoms with van der Waals surface area (Å²) >= 11 is 0. The van der Waals surface area contributed by atoms with Crippen molar-refractivity contribution in [2.45, 2.75) is 0 Å². The molecule has 1 rings (SSSR count). The predicted molar refractivity (Wildman–Crippen MR) is 62.1 cm³/mol. The highest BCUT2D eigenvalue weighted by Gasteiger charge is 2.07. The zero-order valence-corrected chi connectivity index (χ0v) is 9.45. The number of esters is 1. The van der Waals surface area contributed by atoms with Crippen LogP contribution in [0, 0.1) is 0 Å². The van der Waals surface area contributed by atoms with Gasteiger partial charge in [0.1, 0.15) is 11.4 Å². The highest BCUT2D eigenvalue weighted by molar-refractivity contribution is 5.93. The van der Waals surface area contributed by atoms with Crippen LogP contribution in [0.2, 0.25) is 0 Å². The van der Waals surface area contributed by atoms with E-state index in [9.17, 15) is 4.79 Å². The van der Waals surface area contributed by atoms with Gasteiger partial charge >= 0.3 is 5.97 Å². The van der Waals surface area contributed by atoms with Crippen molar-refractivity contribution in [3.63, 3.8) is 0 Å². The summed E-state index contributed by atoms with van der Waals surface area (Å²) in [4.78, 5) is 13.8. The van der Waals surface area contributed by atoms with Crippen molar-refractivity contribution in [2.24, 2.45) is 5.11 Å². The zero-order chi connectivity index (χ0) is 12.7. The van der Waals surface area contributed by atoms with Crippen LogP contribution in [-0.2, 0) is 9.53 Å². The molecule has 0 fully saturated rings. The number of methoxy groups -OCH3 is 2. The van der Waals surface area contributed by atoms with E-state index in [0.29, 0.717) is 11.3 Å². The first-order valence-electron chi connectivity index (χ1n) is 4.70. The van der Waals surface area contributed by atoms with Gasteiger partial charge in [-0.3, -0.25) is 0 Å². The largest absolute Gasteiger partial charge is 0.497 e. The van der Waals surface area contributed by atoms with E-state index in [1.54, 1.807) is 24.3 Å². The normalized spacial score (nSPS) is 10.4. The lowest BCUT2D eigenvalue weighted by Crippen LogP contribution is -2.01. The van der Waals surface area contributed by atoms with Crippen LogP contribution in [0.1, 0.15) is 5.56 Å². The molecule has 0 spiro atoms. The fourth-order valence-corrected chi connectivity index (χ4v) is 1.17. The van der Waals surface area contributed by atoms with Crippen LogP contribution >= 0.6 is 0 Å². The van der Waals surface area contributed by atoms with E-state index in [1.807, 2.05) is 0 Å². The monoisotopic (exact) mass is 233 g/mol. The third-order valence-electron chi connectivity index (χ3n) is 1.94. The van der Waals surface area contributed by atoms with Gasteiger partial charge in [0.15, 0.2) is 0 Å². The molecule has 88 valence electrons. The lowest BCUT2D eigenvalue weighted by Gasteiger charge is -2.02. The maximum Gasteiger partial charge on any atom is 0.340 e. The third kappa shape index (κ3) is 3.55. The summed E-state index contributed by atoms with van der Waals surface area (Å²) in [5.41, 5.74) is 8.91. The van der Waals surface area contributed by atoms with Gasteiger partial charge in [0.25, 0.3) is 0 Å². The van der Waals surface area contributed by atoms with Crippen molar-refractivity contribution in [3.05, 3.63) is 46.0 Å². The quantitative estimate of drug-likeness (QED) is 0.263. The van der Waals surface area contributed by atoms with Crippen molar-refractivity contribution in [1.82, 2.24) is 0 Å². The van der Waals surface area contributed by atoms with Crippen LogP contribution in [0.15, 0.2) is 35.1 Å². The van der Waals surface area contributed by atoms with Crippen LogP contribution in [0.4, 0.5) is 0 Å². The first-order valence-corrected chi connectivity index (χ1v) is 4.70. The van der Waals surface area contributed by atoms with Crippen LogP contribution in [0.25, 0.3) is 16.5 Å². The second-order valence-corrected chi connectivity index (χ2v) is 2.99. The molecular formula is C11H11N3O3. The Hall–Kier alpha value is -2.46. The molecule has 0 amide bonds. The average molecular weight is 233 g/mol. The van der Waals surface area contributed by atoms with Crippen molar-refractivity contribution < 1.29 is 14.3 Å². The van der Waals surface area contributed by atoms with Gasteiger partial charge in [-0.1, -0.05) is 17.2 Å². The molecule has 0 aliphatic heterocycles. The maximum absolute atomic E-state index is 11.3. The Morgan fingerprint density at radius 2 is 2.24 bits per heavy atom. The molecule has 0 radical (unpaired) electrons. The molecule has 0 saturated heterocycles. The number of rotatable bonds is 4. The van der Waals surface area contributed by atoms with Crippen LogP contribution in [-0.4, -0.2) is 20.2 Å². The van der Waals surface area contributed by atoms with Crippen LogP contribution in [0.3, 0.4) is 0 Å². The molecule has 0 unspecified atom stereocenters. The summed E-state index contributed by atoms with van der Waals surface area (Å²) in [5, 5.41) is 3.27. The van der Waals surface area contributed by atoms with Gasteiger partial charge in [-0.15, -0.1) is 0 Å². The molecule has 0 bridgehead atoms.